The number of nitro groups is 1. The summed E-state index contributed by atoms with van der Waals surface area (Å²) >= 11 is 0. The lowest BCUT2D eigenvalue weighted by Crippen LogP contribution is -2.13. The standard InChI is InChI=1S/C18H15N5O3/c1-12-8-9-14(10-11-16(12)23(25)26)19-20-17-13(2)21-22(18(17)24)15-6-4-3-5-7-15/h3-11,21H,1H2,2H3. The highest BCUT2D eigenvalue weighted by Gasteiger charge is 2.15. The molecule has 2 aromatic rings. The van der Waals surface area contributed by atoms with Crippen molar-refractivity contribution in [3.05, 3.63) is 104 Å². The number of hydrogen-bond donors (Lipinski definition) is 1. The van der Waals surface area contributed by atoms with Crippen LogP contribution in [0.1, 0.15) is 5.69 Å². The molecule has 0 fully saturated rings. The number of para-hydroxylation sites is 1. The Kier molecular flexibility index (Phi) is 4.57. The summed E-state index contributed by atoms with van der Waals surface area (Å²) < 4.78 is 1.38. The van der Waals surface area contributed by atoms with E-state index in [1.54, 1.807) is 25.1 Å². The largest absolute Gasteiger partial charge is 0.299 e. The van der Waals surface area contributed by atoms with Gasteiger partial charge in [-0.2, -0.15) is 5.11 Å². The van der Waals surface area contributed by atoms with Gasteiger partial charge in [-0.1, -0.05) is 24.8 Å². The minimum Gasteiger partial charge on any atom is -0.293 e. The fourth-order valence-corrected chi connectivity index (χ4v) is 2.37. The molecule has 0 saturated carbocycles. The second-order valence-electron chi connectivity index (χ2n) is 5.52. The molecule has 0 aliphatic heterocycles. The van der Waals surface area contributed by atoms with Gasteiger partial charge in [0.2, 0.25) is 0 Å². The lowest BCUT2D eigenvalue weighted by Gasteiger charge is -1.99. The number of nitrogens with zero attached hydrogens (tertiary/aromatic N) is 4. The Labute approximate surface area is 148 Å². The summed E-state index contributed by atoms with van der Waals surface area (Å²) in [5.41, 5.74) is 1.61. The topological polar surface area (TPSA) is 106 Å². The van der Waals surface area contributed by atoms with Crippen LogP contribution in [0.15, 0.2) is 93.2 Å². The molecule has 8 heteroatoms. The van der Waals surface area contributed by atoms with E-state index in [1.807, 2.05) is 18.2 Å². The van der Waals surface area contributed by atoms with Crippen molar-refractivity contribution in [2.45, 2.75) is 6.92 Å². The first-order valence-corrected chi connectivity index (χ1v) is 7.70. The molecule has 8 nitrogen and oxygen atoms in total. The average molecular weight is 349 g/mol. The zero-order valence-electron chi connectivity index (χ0n) is 13.9. The predicted octanol–water partition coefficient (Wildman–Crippen LogP) is 3.73. The van der Waals surface area contributed by atoms with Gasteiger partial charge in [-0.05, 0) is 37.3 Å². The van der Waals surface area contributed by atoms with E-state index in [0.29, 0.717) is 17.1 Å². The third kappa shape index (κ3) is 3.34. The van der Waals surface area contributed by atoms with Gasteiger partial charge in [-0.25, -0.2) is 4.68 Å². The highest BCUT2D eigenvalue weighted by Crippen LogP contribution is 2.19. The lowest BCUT2D eigenvalue weighted by atomic mass is 10.2. The van der Waals surface area contributed by atoms with E-state index >= 15 is 0 Å². The Bertz CT molecular complexity index is 1050. The molecule has 1 aromatic heterocycles. The fourth-order valence-electron chi connectivity index (χ4n) is 2.37. The minimum absolute atomic E-state index is 0.115. The first-order valence-electron chi connectivity index (χ1n) is 7.70. The molecular formula is C18H15N5O3. The molecule has 26 heavy (non-hydrogen) atoms. The van der Waals surface area contributed by atoms with Crippen molar-refractivity contribution in [3.8, 4) is 5.69 Å². The van der Waals surface area contributed by atoms with Crippen molar-refractivity contribution in [2.24, 2.45) is 10.2 Å². The van der Waals surface area contributed by atoms with Gasteiger partial charge in [0, 0.05) is 11.6 Å². The highest BCUT2D eigenvalue weighted by molar-refractivity contribution is 5.45. The average Bonchev–Trinajstić information content (AvgIpc) is 2.78. The third-order valence-corrected chi connectivity index (χ3v) is 3.71. The fraction of sp³-hybridized carbons (Fsp3) is 0.0556. The van der Waals surface area contributed by atoms with Gasteiger partial charge < -0.3 is 0 Å². The van der Waals surface area contributed by atoms with Crippen molar-refractivity contribution in [3.63, 3.8) is 0 Å². The molecule has 130 valence electrons. The van der Waals surface area contributed by atoms with Gasteiger partial charge >= 0.3 is 0 Å². The Morgan fingerprint density at radius 1 is 1.15 bits per heavy atom. The Balaban J connectivity index is 1.94. The number of azo groups is 1. The molecule has 1 aromatic carbocycles. The van der Waals surface area contributed by atoms with Gasteiger partial charge in [-0.3, -0.25) is 20.0 Å². The first kappa shape index (κ1) is 17.0. The molecule has 0 atom stereocenters. The van der Waals surface area contributed by atoms with E-state index in [9.17, 15) is 14.9 Å². The molecule has 1 aliphatic rings. The van der Waals surface area contributed by atoms with E-state index in [0.717, 1.165) is 0 Å². The molecule has 0 bridgehead atoms. The van der Waals surface area contributed by atoms with Crippen LogP contribution in [-0.4, -0.2) is 14.7 Å². The monoisotopic (exact) mass is 349 g/mol. The number of hydrogen-bond acceptors (Lipinski definition) is 5. The van der Waals surface area contributed by atoms with Crippen LogP contribution in [-0.2, 0) is 0 Å². The normalized spacial score (nSPS) is 14.3. The molecule has 0 radical (unpaired) electrons. The van der Waals surface area contributed by atoms with Crippen LogP contribution in [0.5, 0.6) is 0 Å². The Morgan fingerprint density at radius 2 is 1.88 bits per heavy atom. The summed E-state index contributed by atoms with van der Waals surface area (Å²) in [6.07, 6.45) is 5.80. The summed E-state index contributed by atoms with van der Waals surface area (Å²) in [7, 11) is 0. The summed E-state index contributed by atoms with van der Waals surface area (Å²) in [4.78, 5) is 23.0. The Hall–Kier alpha value is -3.81. The van der Waals surface area contributed by atoms with Crippen molar-refractivity contribution in [1.82, 2.24) is 9.78 Å². The molecule has 0 unspecified atom stereocenters. The van der Waals surface area contributed by atoms with Gasteiger partial charge in [0.05, 0.1) is 22.0 Å². The maximum absolute atomic E-state index is 12.5. The molecular weight excluding hydrogens is 334 g/mol. The Morgan fingerprint density at radius 3 is 2.58 bits per heavy atom. The van der Waals surface area contributed by atoms with Crippen LogP contribution in [0.4, 0.5) is 5.69 Å². The van der Waals surface area contributed by atoms with E-state index < -0.39 is 4.92 Å². The molecule has 0 spiro atoms. The summed E-state index contributed by atoms with van der Waals surface area (Å²) in [6, 6.07) is 9.10. The molecule has 0 amide bonds. The van der Waals surface area contributed by atoms with Gasteiger partial charge in [0.1, 0.15) is 0 Å². The second-order valence-corrected chi connectivity index (χ2v) is 5.52. The maximum atomic E-state index is 12.5. The number of aromatic amines is 1. The second kappa shape index (κ2) is 6.98. The smallest absolute Gasteiger partial charge is 0.293 e. The van der Waals surface area contributed by atoms with Crippen LogP contribution in [0.25, 0.3) is 5.69 Å². The van der Waals surface area contributed by atoms with Crippen LogP contribution >= 0.6 is 0 Å². The third-order valence-electron chi connectivity index (χ3n) is 3.71. The number of nitrogens with one attached hydrogen (secondary N) is 1. The molecule has 1 heterocycles. The first-order chi connectivity index (χ1) is 12.5. The minimum atomic E-state index is -0.516. The molecule has 3 rings (SSSR count). The van der Waals surface area contributed by atoms with Gasteiger partial charge in [0.25, 0.3) is 11.3 Å². The number of benzene rings is 1. The van der Waals surface area contributed by atoms with E-state index in [2.05, 4.69) is 21.9 Å². The van der Waals surface area contributed by atoms with Gasteiger partial charge in [-0.15, -0.1) is 5.11 Å². The molecule has 1 N–H and O–H groups in total. The van der Waals surface area contributed by atoms with Crippen LogP contribution in [0, 0.1) is 17.0 Å². The van der Waals surface area contributed by atoms with Crippen molar-refractivity contribution >= 4 is 5.69 Å². The molecule has 0 saturated heterocycles. The van der Waals surface area contributed by atoms with Crippen LogP contribution in [0.3, 0.4) is 0 Å². The number of rotatable bonds is 4. The zero-order valence-corrected chi connectivity index (χ0v) is 13.9. The van der Waals surface area contributed by atoms with E-state index in [4.69, 9.17) is 0 Å². The number of aryl methyl sites for hydroxylation is 1. The number of aromatic nitrogens is 2. The predicted molar refractivity (Wildman–Crippen MR) is 97.1 cm³/mol. The van der Waals surface area contributed by atoms with Crippen molar-refractivity contribution < 1.29 is 4.92 Å². The van der Waals surface area contributed by atoms with E-state index in [1.165, 1.54) is 22.9 Å². The van der Waals surface area contributed by atoms with E-state index in [-0.39, 0.29) is 22.5 Å². The number of H-pyrrole nitrogens is 1. The quantitative estimate of drug-likeness (QED) is 0.516. The SMILES string of the molecule is C=C1C=CC(N=Nc2c(C)[nH]n(-c3ccccc3)c2=O)=CC=C1[N+](=O)[O-]. The summed E-state index contributed by atoms with van der Waals surface area (Å²) in [5, 5.41) is 21.9. The lowest BCUT2D eigenvalue weighted by molar-refractivity contribution is -0.420. The van der Waals surface area contributed by atoms with Crippen LogP contribution in [0.2, 0.25) is 0 Å². The summed E-state index contributed by atoms with van der Waals surface area (Å²) in [5.74, 6) is 0. The molecule has 1 aliphatic carbocycles. The number of allylic oxidation sites excluding steroid dienone is 4. The maximum Gasteiger partial charge on any atom is 0.299 e. The van der Waals surface area contributed by atoms with Crippen LogP contribution < -0.4 is 5.56 Å². The zero-order chi connectivity index (χ0) is 18.7. The summed E-state index contributed by atoms with van der Waals surface area (Å²) in [6.45, 7) is 5.36. The van der Waals surface area contributed by atoms with Crippen molar-refractivity contribution in [2.75, 3.05) is 0 Å². The van der Waals surface area contributed by atoms with Gasteiger partial charge in [0.15, 0.2) is 5.69 Å². The highest BCUT2D eigenvalue weighted by atomic mass is 16.6. The van der Waals surface area contributed by atoms with Crippen molar-refractivity contribution in [1.29, 1.82) is 0 Å².